The second-order valence-corrected chi connectivity index (χ2v) is 2.41. The van der Waals surface area contributed by atoms with Gasteiger partial charge in [0, 0.05) is 10.8 Å². The Morgan fingerprint density at radius 2 is 2.17 bits per heavy atom. The molecule has 0 bridgehead atoms. The van der Waals surface area contributed by atoms with Gasteiger partial charge in [0.25, 0.3) is 0 Å². The summed E-state index contributed by atoms with van der Waals surface area (Å²) in [5.74, 6) is 0.501. The van der Waals surface area contributed by atoms with Crippen molar-refractivity contribution in [3.05, 3.63) is 30.5 Å². The van der Waals surface area contributed by atoms with Gasteiger partial charge in [-0.25, -0.2) is 0 Å². The first kappa shape index (κ1) is 6.91. The molecule has 0 atom stereocenters. The van der Waals surface area contributed by atoms with E-state index in [0.29, 0.717) is 12.3 Å². The Bertz CT molecular complexity index is 406. The van der Waals surface area contributed by atoms with Crippen LogP contribution < -0.4 is 5.32 Å². The monoisotopic (exact) mass is 161 g/mol. The fraction of sp³-hybridized carbons (Fsp3) is 0. The molecule has 0 unspecified atom stereocenters. The topological polar surface area (TPSA) is 42.2 Å². The number of benzene rings is 1. The van der Waals surface area contributed by atoms with Gasteiger partial charge in [-0.1, -0.05) is 18.2 Å². The van der Waals surface area contributed by atoms with Crippen molar-refractivity contribution in [1.29, 1.82) is 0 Å². The average molecular weight is 161 g/mol. The number of carbonyl (C=O) groups excluding carboxylic acids is 1. The zero-order valence-electron chi connectivity index (χ0n) is 6.28. The highest BCUT2D eigenvalue weighted by atomic mass is 16.3. The van der Waals surface area contributed by atoms with Gasteiger partial charge in [0.15, 0.2) is 0 Å². The average Bonchev–Trinajstić information content (AvgIpc) is 2.50. The van der Waals surface area contributed by atoms with E-state index in [0.717, 1.165) is 10.8 Å². The van der Waals surface area contributed by atoms with E-state index >= 15 is 0 Å². The summed E-state index contributed by atoms with van der Waals surface area (Å²) in [7, 11) is 0. The molecule has 1 amide bonds. The maximum atomic E-state index is 10.1. The molecule has 2 rings (SSSR count). The minimum absolute atomic E-state index is 0.501. The van der Waals surface area contributed by atoms with Crippen molar-refractivity contribution in [3.8, 4) is 0 Å². The summed E-state index contributed by atoms with van der Waals surface area (Å²) < 4.78 is 5.11. The minimum Gasteiger partial charge on any atom is -0.447 e. The van der Waals surface area contributed by atoms with E-state index in [1.807, 2.05) is 24.3 Å². The van der Waals surface area contributed by atoms with E-state index in [1.165, 1.54) is 0 Å². The van der Waals surface area contributed by atoms with Crippen LogP contribution in [0.4, 0.5) is 5.88 Å². The molecule has 0 saturated heterocycles. The van der Waals surface area contributed by atoms with Crippen LogP contribution in [0.5, 0.6) is 0 Å². The van der Waals surface area contributed by atoms with Crippen molar-refractivity contribution in [3.63, 3.8) is 0 Å². The predicted molar refractivity (Wildman–Crippen MR) is 45.9 cm³/mol. The standard InChI is InChI=1S/C9H7NO2/c11-6-10-9-8-4-2-1-3-7(8)5-12-9/h1-6H,(H,10,11). The third kappa shape index (κ3) is 0.955. The molecule has 0 aliphatic carbocycles. The van der Waals surface area contributed by atoms with E-state index in [4.69, 9.17) is 4.42 Å². The molecule has 0 fully saturated rings. The Kier molecular flexibility index (Phi) is 1.55. The summed E-state index contributed by atoms with van der Waals surface area (Å²) in [6.45, 7) is 0. The number of furan rings is 1. The molecule has 0 aliphatic rings. The van der Waals surface area contributed by atoms with Crippen LogP contribution in [0.2, 0.25) is 0 Å². The number of hydrogen-bond donors (Lipinski definition) is 1. The lowest BCUT2D eigenvalue weighted by Crippen LogP contribution is -1.90. The maximum absolute atomic E-state index is 10.1. The highest BCUT2D eigenvalue weighted by Gasteiger charge is 2.02. The lowest BCUT2D eigenvalue weighted by atomic mass is 10.2. The van der Waals surface area contributed by atoms with Gasteiger partial charge in [-0.3, -0.25) is 10.1 Å². The summed E-state index contributed by atoms with van der Waals surface area (Å²) >= 11 is 0. The number of anilines is 1. The molecule has 0 radical (unpaired) electrons. The van der Waals surface area contributed by atoms with Gasteiger partial charge < -0.3 is 4.42 Å². The number of nitrogens with one attached hydrogen (secondary N) is 1. The third-order valence-electron chi connectivity index (χ3n) is 1.70. The minimum atomic E-state index is 0.501. The number of carbonyl (C=O) groups is 1. The lowest BCUT2D eigenvalue weighted by molar-refractivity contribution is -0.105. The normalized spacial score (nSPS) is 10.0. The molecule has 1 aromatic heterocycles. The molecule has 3 nitrogen and oxygen atoms in total. The molecule has 0 spiro atoms. The summed E-state index contributed by atoms with van der Waals surface area (Å²) in [5, 5.41) is 4.39. The predicted octanol–water partition coefficient (Wildman–Crippen LogP) is 2.00. The molecule has 1 N–H and O–H groups in total. The third-order valence-corrected chi connectivity index (χ3v) is 1.70. The number of amides is 1. The number of rotatable bonds is 2. The lowest BCUT2D eigenvalue weighted by Gasteiger charge is -1.91. The number of hydrogen-bond acceptors (Lipinski definition) is 2. The zero-order valence-corrected chi connectivity index (χ0v) is 6.28. The van der Waals surface area contributed by atoms with Gasteiger partial charge in [-0.05, 0) is 6.07 Å². The number of fused-ring (bicyclic) bond motifs is 1. The molecule has 0 saturated carbocycles. The Balaban J connectivity index is 2.62. The Morgan fingerprint density at radius 3 is 3.00 bits per heavy atom. The van der Waals surface area contributed by atoms with Gasteiger partial charge in [0.2, 0.25) is 12.3 Å². The van der Waals surface area contributed by atoms with Crippen molar-refractivity contribution in [2.24, 2.45) is 0 Å². The van der Waals surface area contributed by atoms with Crippen LogP contribution in [0.25, 0.3) is 10.8 Å². The zero-order chi connectivity index (χ0) is 8.39. The maximum Gasteiger partial charge on any atom is 0.213 e. The largest absolute Gasteiger partial charge is 0.447 e. The highest BCUT2D eigenvalue weighted by Crippen LogP contribution is 2.24. The van der Waals surface area contributed by atoms with Crippen LogP contribution in [0.15, 0.2) is 34.9 Å². The molecular formula is C9H7NO2. The van der Waals surface area contributed by atoms with Gasteiger partial charge in [0.1, 0.15) is 6.26 Å². The van der Waals surface area contributed by atoms with Gasteiger partial charge in [-0.15, -0.1) is 0 Å². The molecule has 60 valence electrons. The first-order chi connectivity index (χ1) is 5.92. The highest BCUT2D eigenvalue weighted by molar-refractivity contribution is 5.94. The van der Waals surface area contributed by atoms with Crippen LogP contribution in [0.1, 0.15) is 0 Å². The van der Waals surface area contributed by atoms with Crippen LogP contribution >= 0.6 is 0 Å². The van der Waals surface area contributed by atoms with Crippen LogP contribution in [-0.2, 0) is 4.79 Å². The summed E-state index contributed by atoms with van der Waals surface area (Å²) in [5.41, 5.74) is 0. The Hall–Kier alpha value is -1.77. The van der Waals surface area contributed by atoms with Crippen LogP contribution in [0.3, 0.4) is 0 Å². The smallest absolute Gasteiger partial charge is 0.213 e. The van der Waals surface area contributed by atoms with E-state index in [2.05, 4.69) is 5.32 Å². The molecular weight excluding hydrogens is 154 g/mol. The molecule has 2 aromatic rings. The van der Waals surface area contributed by atoms with E-state index < -0.39 is 0 Å². The van der Waals surface area contributed by atoms with Gasteiger partial charge in [0.05, 0.1) is 0 Å². The van der Waals surface area contributed by atoms with Gasteiger partial charge in [-0.2, -0.15) is 0 Å². The summed E-state index contributed by atoms with van der Waals surface area (Å²) in [4.78, 5) is 10.1. The SMILES string of the molecule is O=CNc1occ2ccccc12. The van der Waals surface area contributed by atoms with E-state index in [1.54, 1.807) is 6.26 Å². The summed E-state index contributed by atoms with van der Waals surface area (Å²) in [6, 6.07) is 7.63. The molecule has 3 heteroatoms. The second-order valence-electron chi connectivity index (χ2n) is 2.41. The van der Waals surface area contributed by atoms with Crippen molar-refractivity contribution in [2.75, 3.05) is 5.32 Å². The van der Waals surface area contributed by atoms with Gasteiger partial charge >= 0.3 is 0 Å². The first-order valence-electron chi connectivity index (χ1n) is 3.58. The fourth-order valence-corrected chi connectivity index (χ4v) is 1.16. The molecule has 12 heavy (non-hydrogen) atoms. The summed E-state index contributed by atoms with van der Waals surface area (Å²) in [6.07, 6.45) is 2.21. The second kappa shape index (κ2) is 2.70. The van der Waals surface area contributed by atoms with Crippen molar-refractivity contribution >= 4 is 23.1 Å². The Labute approximate surface area is 69.0 Å². The fourth-order valence-electron chi connectivity index (χ4n) is 1.16. The van der Waals surface area contributed by atoms with Crippen LogP contribution in [0, 0.1) is 0 Å². The first-order valence-corrected chi connectivity index (χ1v) is 3.58. The molecule has 1 aromatic carbocycles. The molecule has 0 aliphatic heterocycles. The quantitative estimate of drug-likeness (QED) is 0.684. The van der Waals surface area contributed by atoms with Crippen LogP contribution in [-0.4, -0.2) is 6.41 Å². The van der Waals surface area contributed by atoms with E-state index in [-0.39, 0.29) is 0 Å². The molecule has 1 heterocycles. The van der Waals surface area contributed by atoms with Crippen molar-refractivity contribution in [2.45, 2.75) is 0 Å². The van der Waals surface area contributed by atoms with Crippen molar-refractivity contribution in [1.82, 2.24) is 0 Å². The Morgan fingerprint density at radius 1 is 1.33 bits per heavy atom. The van der Waals surface area contributed by atoms with Crippen molar-refractivity contribution < 1.29 is 9.21 Å². The van der Waals surface area contributed by atoms with E-state index in [9.17, 15) is 4.79 Å².